The Hall–Kier alpha value is -5.77. The third-order valence-corrected chi connectivity index (χ3v) is 15.1. The summed E-state index contributed by atoms with van der Waals surface area (Å²) in [5.41, 5.74) is 3.11. The second kappa shape index (κ2) is 20.3. The summed E-state index contributed by atoms with van der Waals surface area (Å²) >= 11 is 7.73. The predicted molar refractivity (Wildman–Crippen MR) is 267 cm³/mol. The maximum absolute atomic E-state index is 14.8. The Morgan fingerprint density at radius 1 is 1.06 bits per heavy atom. The maximum Gasteiger partial charge on any atom is 0.254 e. The second-order valence-corrected chi connectivity index (χ2v) is 22.2. The largest absolute Gasteiger partial charge is 0.508 e. The number of fused-ring (bicyclic) bond motifs is 1. The molecule has 0 radical (unpaired) electrons. The quantitative estimate of drug-likeness (QED) is 0.0627. The molecule has 1 aliphatic carbocycles. The van der Waals surface area contributed by atoms with Crippen LogP contribution in [0.1, 0.15) is 126 Å². The number of phenolic OH excluding ortho intramolecular Hbond substituents is 1. The molecule has 1 unspecified atom stereocenters. The number of thiazole rings is 1. The molecule has 15 heteroatoms. The van der Waals surface area contributed by atoms with Crippen LogP contribution in [0.15, 0.2) is 60.1 Å². The molecule has 4 aromatic rings. The van der Waals surface area contributed by atoms with Gasteiger partial charge in [-0.3, -0.25) is 19.2 Å². The van der Waals surface area contributed by atoms with Gasteiger partial charge in [-0.1, -0.05) is 84.0 Å². The van der Waals surface area contributed by atoms with Crippen LogP contribution in [0.4, 0.5) is 0 Å². The summed E-state index contributed by atoms with van der Waals surface area (Å²) in [4.78, 5) is 62.8. The number of carbonyl (C=O) groups is 4. The lowest BCUT2D eigenvalue weighted by Gasteiger charge is -2.65. The fourth-order valence-corrected chi connectivity index (χ4v) is 11.7. The number of Topliss-reactive ketones (excluding diaryl/α,β-unsaturated/α-hetero) is 1. The summed E-state index contributed by atoms with van der Waals surface area (Å²) in [6.45, 7) is 18.7. The van der Waals surface area contributed by atoms with Gasteiger partial charge in [-0.05, 0) is 99.0 Å². The van der Waals surface area contributed by atoms with Gasteiger partial charge in [-0.2, -0.15) is 5.26 Å². The van der Waals surface area contributed by atoms with Gasteiger partial charge in [0, 0.05) is 59.2 Å². The highest BCUT2D eigenvalue weighted by Gasteiger charge is 2.67. The highest BCUT2D eigenvalue weighted by molar-refractivity contribution is 7.13. The fourth-order valence-electron chi connectivity index (χ4n) is 10.7. The number of nitrogens with one attached hydrogen (secondary N) is 3. The lowest BCUT2D eigenvalue weighted by molar-refractivity contribution is -0.199. The van der Waals surface area contributed by atoms with Crippen molar-refractivity contribution in [3.63, 3.8) is 0 Å². The first-order valence-electron chi connectivity index (χ1n) is 23.6. The number of ketones is 1. The van der Waals surface area contributed by atoms with Gasteiger partial charge in [0.2, 0.25) is 11.8 Å². The van der Waals surface area contributed by atoms with Gasteiger partial charge in [0.15, 0.2) is 5.78 Å². The van der Waals surface area contributed by atoms with Crippen molar-refractivity contribution < 1.29 is 33.8 Å². The SMILES string of the molecule is Cc1ncsc1-c1ccc([C@](C)(NC(=O)C2CCCN2)C(=O)[C@@H](NC(=O)COCCCCC#Cc2ccc3c(c2)CN(C2C(C)(C)C(Oc4ccc(C#N)c(Cl)c4)C2(C)C)C3=O)C(C)(C)C)c(O)c1. The standard InChI is InChI=1S/C54H63ClN6O7S/c1-32-44(69-31-58-32)34-19-22-39(42(62)26-34)54(9,60-47(65)41-16-14-23-57-41)46(64)45(51(2,3)4)59-43(63)30-67-24-13-11-10-12-15-33-17-21-38-36(25-33)29-61(48(38)66)49-52(5,6)50(53(49,7)8)68-37-20-18-35(28-56)40(55)27-37/h17-22,25-27,31,41,45,49-50,57,62H,10-11,13-14,16,23-24,29-30H2,1-9H3,(H,59,63)(H,60,65)/t41?,45-,49?,50?,54+/m1/s1. The van der Waals surface area contributed by atoms with Crippen LogP contribution < -0.4 is 20.7 Å². The zero-order valence-electron chi connectivity index (χ0n) is 41.0. The molecule has 3 amide bonds. The Labute approximate surface area is 414 Å². The summed E-state index contributed by atoms with van der Waals surface area (Å²) in [6, 6.07) is 16.3. The summed E-state index contributed by atoms with van der Waals surface area (Å²) in [5, 5.41) is 30.1. The Morgan fingerprint density at radius 2 is 1.81 bits per heavy atom. The van der Waals surface area contributed by atoms with E-state index in [0.29, 0.717) is 60.9 Å². The van der Waals surface area contributed by atoms with Crippen molar-refractivity contribution in [1.29, 1.82) is 5.26 Å². The molecule has 0 bridgehead atoms. The molecule has 4 N–H and O–H groups in total. The van der Waals surface area contributed by atoms with Gasteiger partial charge < -0.3 is 35.4 Å². The van der Waals surface area contributed by atoms with Crippen molar-refractivity contribution in [2.75, 3.05) is 19.8 Å². The monoisotopic (exact) mass is 974 g/mol. The third-order valence-electron chi connectivity index (χ3n) is 13.9. The average molecular weight is 976 g/mol. The molecule has 13 nitrogen and oxygen atoms in total. The van der Waals surface area contributed by atoms with Crippen LogP contribution in [0.25, 0.3) is 10.4 Å². The minimum absolute atomic E-state index is 0.00604. The van der Waals surface area contributed by atoms with Crippen molar-refractivity contribution in [1.82, 2.24) is 25.8 Å². The lowest BCUT2D eigenvalue weighted by Crippen LogP contribution is -2.74. The van der Waals surface area contributed by atoms with Gasteiger partial charge in [-0.15, -0.1) is 11.3 Å². The first-order chi connectivity index (χ1) is 32.6. The van der Waals surface area contributed by atoms with Gasteiger partial charge >= 0.3 is 0 Å². The first kappa shape index (κ1) is 51.1. The van der Waals surface area contributed by atoms with E-state index < -0.39 is 34.7 Å². The molecule has 2 aliphatic heterocycles. The number of nitrogens with zero attached hydrogens (tertiary/aromatic N) is 3. The Balaban J connectivity index is 0.910. The highest BCUT2D eigenvalue weighted by atomic mass is 35.5. The molecule has 0 spiro atoms. The molecule has 1 aromatic heterocycles. The van der Waals surface area contributed by atoms with E-state index >= 15 is 0 Å². The molecular weight excluding hydrogens is 912 g/mol. The second-order valence-electron chi connectivity index (χ2n) is 20.9. The van der Waals surface area contributed by atoms with E-state index in [4.69, 9.17) is 21.1 Å². The number of rotatable bonds is 16. The number of nitriles is 1. The molecular formula is C54H63ClN6O7S. The van der Waals surface area contributed by atoms with Crippen LogP contribution in [-0.4, -0.2) is 82.5 Å². The number of aromatic nitrogens is 1. The molecule has 3 aromatic carbocycles. The zero-order valence-corrected chi connectivity index (χ0v) is 42.5. The van der Waals surface area contributed by atoms with Crippen molar-refractivity contribution in [2.45, 2.75) is 131 Å². The Morgan fingerprint density at radius 3 is 2.45 bits per heavy atom. The normalized spacial score (nSPS) is 20.3. The van der Waals surface area contributed by atoms with Crippen molar-refractivity contribution >= 4 is 46.4 Å². The van der Waals surface area contributed by atoms with Crippen LogP contribution in [-0.2, 0) is 31.2 Å². The van der Waals surface area contributed by atoms with Gasteiger partial charge in [0.25, 0.3) is 5.91 Å². The summed E-state index contributed by atoms with van der Waals surface area (Å²) in [6.07, 6.45) is 3.23. The van der Waals surface area contributed by atoms with Crippen molar-refractivity contribution in [3.8, 4) is 39.8 Å². The molecule has 364 valence electrons. The number of benzene rings is 3. The number of halogens is 1. The van der Waals surface area contributed by atoms with E-state index in [1.165, 1.54) is 11.3 Å². The minimum Gasteiger partial charge on any atom is -0.508 e. The number of unbranched alkanes of at least 4 members (excludes halogenated alkanes) is 2. The maximum atomic E-state index is 14.8. The Kier molecular flexibility index (Phi) is 15.0. The van der Waals surface area contributed by atoms with Crippen LogP contribution in [0.5, 0.6) is 11.5 Å². The van der Waals surface area contributed by atoms with Crippen LogP contribution in [0.3, 0.4) is 0 Å². The number of phenols is 1. The first-order valence-corrected chi connectivity index (χ1v) is 24.8. The van der Waals surface area contributed by atoms with E-state index in [1.807, 2.05) is 50.8 Å². The van der Waals surface area contributed by atoms with Crippen LogP contribution in [0.2, 0.25) is 5.02 Å². The number of aromatic hydroxyl groups is 1. The number of amides is 3. The summed E-state index contributed by atoms with van der Waals surface area (Å²) in [7, 11) is 0. The van der Waals surface area contributed by atoms with Gasteiger partial charge in [0.05, 0.1) is 38.8 Å². The van der Waals surface area contributed by atoms with E-state index in [0.717, 1.165) is 40.1 Å². The van der Waals surface area contributed by atoms with E-state index in [9.17, 15) is 29.5 Å². The molecule has 3 aliphatic rings. The summed E-state index contributed by atoms with van der Waals surface area (Å²) < 4.78 is 12.2. The molecule has 2 fully saturated rings. The molecule has 1 saturated carbocycles. The highest BCUT2D eigenvalue weighted by Crippen LogP contribution is 2.59. The molecule has 1 saturated heterocycles. The lowest BCUT2D eigenvalue weighted by atomic mass is 9.49. The van der Waals surface area contributed by atoms with E-state index in [-0.39, 0.29) is 52.7 Å². The predicted octanol–water partition coefficient (Wildman–Crippen LogP) is 8.61. The van der Waals surface area contributed by atoms with Gasteiger partial charge in [-0.25, -0.2) is 4.98 Å². The molecule has 3 heterocycles. The molecule has 69 heavy (non-hydrogen) atoms. The smallest absolute Gasteiger partial charge is 0.254 e. The number of ether oxygens (including phenoxy) is 2. The van der Waals surface area contributed by atoms with Crippen LogP contribution in [0, 0.1) is 46.3 Å². The minimum atomic E-state index is -1.70. The zero-order chi connectivity index (χ0) is 50.1. The van der Waals surface area contributed by atoms with E-state index in [1.54, 1.807) is 48.8 Å². The fraction of sp³-hybridized carbons (Fsp3) is 0.481. The Bertz CT molecular complexity index is 2720. The van der Waals surface area contributed by atoms with Crippen molar-refractivity contribution in [3.05, 3.63) is 98.6 Å². The number of hydrogen-bond acceptors (Lipinski definition) is 11. The number of hydrogen-bond donors (Lipinski definition) is 4. The molecule has 3 atom stereocenters. The van der Waals surface area contributed by atoms with Crippen molar-refractivity contribution in [2.24, 2.45) is 16.2 Å². The number of aryl methyl sites for hydroxylation is 1. The summed E-state index contributed by atoms with van der Waals surface area (Å²) in [5.74, 6) is 5.59. The van der Waals surface area contributed by atoms with Gasteiger partial charge in [0.1, 0.15) is 35.8 Å². The molecule has 7 rings (SSSR count). The number of carbonyl (C=O) groups excluding carboxylic acids is 4. The average Bonchev–Trinajstić information content (AvgIpc) is 4.06. The van der Waals surface area contributed by atoms with Crippen LogP contribution >= 0.6 is 22.9 Å². The topological polar surface area (TPSA) is 183 Å². The third kappa shape index (κ3) is 10.6. The van der Waals surface area contributed by atoms with E-state index in [2.05, 4.69) is 66.5 Å².